The van der Waals surface area contributed by atoms with E-state index in [0.29, 0.717) is 24.1 Å². The SMILES string of the molecule is CC(=O)NC1CCC(=O)N2C[C@H](OC(C)c3cc(C(F)(F)F)cc(C(F)(F)F)c3)C(c3ccc(F)cc3)C12. The smallest absolute Gasteiger partial charge is 0.368 e. The molecule has 2 saturated heterocycles. The molecule has 2 heterocycles. The zero-order chi connectivity index (χ0) is 28.0. The number of halogens is 7. The number of nitrogens with zero attached hydrogens (tertiary/aromatic N) is 1. The number of hydrogen-bond donors (Lipinski definition) is 1. The Balaban J connectivity index is 1.72. The number of amides is 2. The number of fused-ring (bicyclic) bond motifs is 1. The molecule has 1 N–H and O–H groups in total. The summed E-state index contributed by atoms with van der Waals surface area (Å²) in [6, 6.07) is 5.58. The van der Waals surface area contributed by atoms with Crippen LogP contribution < -0.4 is 5.32 Å². The van der Waals surface area contributed by atoms with Gasteiger partial charge in [-0.25, -0.2) is 4.39 Å². The van der Waals surface area contributed by atoms with Gasteiger partial charge in [-0.3, -0.25) is 9.59 Å². The highest BCUT2D eigenvalue weighted by Crippen LogP contribution is 2.44. The fourth-order valence-electron chi connectivity index (χ4n) is 5.37. The minimum Gasteiger partial charge on any atom is -0.368 e. The summed E-state index contributed by atoms with van der Waals surface area (Å²) in [7, 11) is 0. The average Bonchev–Trinajstić information content (AvgIpc) is 3.20. The molecule has 2 aliphatic heterocycles. The van der Waals surface area contributed by atoms with Crippen LogP contribution in [0.1, 0.15) is 61.0 Å². The summed E-state index contributed by atoms with van der Waals surface area (Å²) < 4.78 is 100. The van der Waals surface area contributed by atoms with E-state index in [-0.39, 0.29) is 36.4 Å². The molecule has 0 aromatic heterocycles. The number of rotatable bonds is 5. The van der Waals surface area contributed by atoms with Crippen LogP contribution in [-0.2, 0) is 26.7 Å². The highest BCUT2D eigenvalue weighted by atomic mass is 19.4. The van der Waals surface area contributed by atoms with Gasteiger partial charge in [-0.15, -0.1) is 0 Å². The Morgan fingerprint density at radius 1 is 1.03 bits per heavy atom. The molecule has 4 rings (SSSR count). The maximum atomic E-state index is 13.7. The molecule has 5 atom stereocenters. The molecule has 38 heavy (non-hydrogen) atoms. The van der Waals surface area contributed by atoms with Crippen molar-refractivity contribution in [3.05, 3.63) is 70.5 Å². The van der Waals surface area contributed by atoms with Crippen molar-refractivity contribution in [2.75, 3.05) is 6.54 Å². The van der Waals surface area contributed by atoms with Crippen LogP contribution in [0.5, 0.6) is 0 Å². The largest absolute Gasteiger partial charge is 0.416 e. The predicted octanol–water partition coefficient (Wildman–Crippen LogP) is 5.60. The topological polar surface area (TPSA) is 58.6 Å². The van der Waals surface area contributed by atoms with Gasteiger partial charge >= 0.3 is 12.4 Å². The van der Waals surface area contributed by atoms with E-state index in [9.17, 15) is 40.3 Å². The minimum absolute atomic E-state index is 0.00292. The summed E-state index contributed by atoms with van der Waals surface area (Å²) in [5.41, 5.74) is -2.70. The third-order valence-corrected chi connectivity index (χ3v) is 7.01. The first-order chi connectivity index (χ1) is 17.6. The monoisotopic (exact) mass is 546 g/mol. The summed E-state index contributed by atoms with van der Waals surface area (Å²) in [6.07, 6.45) is -11.6. The fraction of sp³-hybridized carbons (Fsp3) is 0.462. The van der Waals surface area contributed by atoms with Gasteiger partial charge in [-0.1, -0.05) is 12.1 Å². The Hall–Kier alpha value is -3.15. The number of piperidine rings is 1. The summed E-state index contributed by atoms with van der Waals surface area (Å²) in [4.78, 5) is 26.2. The summed E-state index contributed by atoms with van der Waals surface area (Å²) in [5, 5.41) is 2.83. The highest BCUT2D eigenvalue weighted by molar-refractivity contribution is 5.79. The normalized spacial score (nSPS) is 24.8. The van der Waals surface area contributed by atoms with Gasteiger partial charge < -0.3 is 15.0 Å². The lowest BCUT2D eigenvalue weighted by Gasteiger charge is -2.39. The molecule has 4 unspecified atom stereocenters. The first-order valence-corrected chi connectivity index (χ1v) is 11.9. The van der Waals surface area contributed by atoms with Gasteiger partial charge in [0.25, 0.3) is 0 Å². The Morgan fingerprint density at radius 2 is 1.61 bits per heavy atom. The summed E-state index contributed by atoms with van der Waals surface area (Å²) in [5.74, 6) is -1.70. The quantitative estimate of drug-likeness (QED) is 0.497. The summed E-state index contributed by atoms with van der Waals surface area (Å²) >= 11 is 0. The van der Waals surface area contributed by atoms with E-state index in [2.05, 4.69) is 5.32 Å². The van der Waals surface area contributed by atoms with E-state index >= 15 is 0 Å². The standard InChI is InChI=1S/C26H25F7N2O3/c1-13(16-9-17(25(28,29)30)11-18(10-16)26(31,32)33)38-21-12-35-22(37)8-7-20(34-14(2)36)24(35)23(21)15-3-5-19(27)6-4-15/h3-6,9-11,13,20-21,23-24H,7-8,12H2,1-2H3,(H,34,36)/t13?,20?,21-,23?,24?/m0/s1. The zero-order valence-corrected chi connectivity index (χ0v) is 20.4. The number of alkyl halides is 6. The number of carbonyl (C=O) groups is 2. The molecule has 5 nitrogen and oxygen atoms in total. The number of benzene rings is 2. The molecule has 206 valence electrons. The van der Waals surface area contributed by atoms with Gasteiger partial charge in [0, 0.05) is 25.8 Å². The average molecular weight is 546 g/mol. The molecular weight excluding hydrogens is 521 g/mol. The van der Waals surface area contributed by atoms with Crippen molar-refractivity contribution in [2.24, 2.45) is 0 Å². The molecule has 0 spiro atoms. The van der Waals surface area contributed by atoms with Crippen LogP contribution in [0.3, 0.4) is 0 Å². The molecular formula is C26H25F7N2O3. The van der Waals surface area contributed by atoms with Crippen molar-refractivity contribution in [2.45, 2.75) is 69.3 Å². The predicted molar refractivity (Wildman–Crippen MR) is 121 cm³/mol. The van der Waals surface area contributed by atoms with E-state index in [1.165, 1.54) is 43.0 Å². The van der Waals surface area contributed by atoms with Gasteiger partial charge in [0.05, 0.1) is 35.4 Å². The molecule has 2 amide bonds. The van der Waals surface area contributed by atoms with Gasteiger partial charge in [0.15, 0.2) is 0 Å². The lowest BCUT2D eigenvalue weighted by molar-refractivity contribution is -0.143. The number of hydrogen-bond acceptors (Lipinski definition) is 3. The van der Waals surface area contributed by atoms with Gasteiger partial charge in [-0.05, 0) is 54.8 Å². The van der Waals surface area contributed by atoms with Gasteiger partial charge in [0.2, 0.25) is 11.8 Å². The van der Waals surface area contributed by atoms with Crippen molar-refractivity contribution in [3.63, 3.8) is 0 Å². The highest BCUT2D eigenvalue weighted by Gasteiger charge is 2.51. The third-order valence-electron chi connectivity index (χ3n) is 7.01. The second kappa shape index (κ2) is 10.2. The molecule has 2 aromatic carbocycles. The lowest BCUT2D eigenvalue weighted by Crippen LogP contribution is -2.55. The Kier molecular flexibility index (Phi) is 7.48. The fourth-order valence-corrected chi connectivity index (χ4v) is 5.37. The first-order valence-electron chi connectivity index (χ1n) is 11.9. The van der Waals surface area contributed by atoms with Crippen LogP contribution in [-0.4, -0.2) is 41.4 Å². The Bertz CT molecular complexity index is 1160. The van der Waals surface area contributed by atoms with Crippen LogP contribution in [0.15, 0.2) is 42.5 Å². The van der Waals surface area contributed by atoms with Crippen LogP contribution in [0.25, 0.3) is 0 Å². The van der Waals surface area contributed by atoms with Crippen molar-refractivity contribution in [1.29, 1.82) is 0 Å². The zero-order valence-electron chi connectivity index (χ0n) is 20.4. The maximum Gasteiger partial charge on any atom is 0.416 e. The minimum atomic E-state index is -5.02. The first kappa shape index (κ1) is 27.9. The van der Waals surface area contributed by atoms with Gasteiger partial charge in [-0.2, -0.15) is 26.3 Å². The van der Waals surface area contributed by atoms with Crippen molar-refractivity contribution in [3.8, 4) is 0 Å². The second-order valence-electron chi connectivity index (χ2n) is 9.62. The van der Waals surface area contributed by atoms with E-state index in [0.717, 1.165) is 0 Å². The van der Waals surface area contributed by atoms with Crippen molar-refractivity contribution >= 4 is 11.8 Å². The summed E-state index contributed by atoms with van der Waals surface area (Å²) in [6.45, 7) is 2.66. The Labute approximate surface area is 213 Å². The molecule has 12 heteroatoms. The van der Waals surface area contributed by atoms with Crippen LogP contribution in [0.4, 0.5) is 30.7 Å². The van der Waals surface area contributed by atoms with Gasteiger partial charge in [0.1, 0.15) is 5.82 Å². The lowest BCUT2D eigenvalue weighted by atomic mass is 9.82. The molecule has 0 aliphatic carbocycles. The molecule has 0 radical (unpaired) electrons. The maximum absolute atomic E-state index is 13.7. The van der Waals surface area contributed by atoms with E-state index < -0.39 is 59.5 Å². The second-order valence-corrected chi connectivity index (χ2v) is 9.62. The van der Waals surface area contributed by atoms with Crippen LogP contribution >= 0.6 is 0 Å². The van der Waals surface area contributed by atoms with E-state index in [1.807, 2.05) is 0 Å². The van der Waals surface area contributed by atoms with Crippen LogP contribution in [0.2, 0.25) is 0 Å². The molecule has 0 bridgehead atoms. The number of ether oxygens (including phenoxy) is 1. The van der Waals surface area contributed by atoms with Crippen molar-refractivity contribution in [1.82, 2.24) is 10.2 Å². The van der Waals surface area contributed by atoms with E-state index in [1.54, 1.807) is 0 Å². The Morgan fingerprint density at radius 3 is 2.13 bits per heavy atom. The molecule has 0 saturated carbocycles. The number of carbonyl (C=O) groups excluding carboxylic acids is 2. The van der Waals surface area contributed by atoms with Crippen LogP contribution in [0, 0.1) is 5.82 Å². The number of nitrogens with one attached hydrogen (secondary N) is 1. The molecule has 2 fully saturated rings. The molecule has 2 aromatic rings. The van der Waals surface area contributed by atoms with E-state index in [4.69, 9.17) is 4.74 Å². The third kappa shape index (κ3) is 5.79. The van der Waals surface area contributed by atoms with Crippen molar-refractivity contribution < 1.29 is 45.1 Å². The molecule has 2 aliphatic rings.